The predicted octanol–water partition coefficient (Wildman–Crippen LogP) is 2.11. The van der Waals surface area contributed by atoms with E-state index in [4.69, 9.17) is 5.26 Å². The first-order valence-electron chi connectivity index (χ1n) is 12.9. The van der Waals surface area contributed by atoms with Gasteiger partial charge in [-0.1, -0.05) is 12.1 Å². The van der Waals surface area contributed by atoms with Gasteiger partial charge in [-0.3, -0.25) is 14.3 Å². The molecule has 1 saturated carbocycles. The molecule has 1 atom stereocenters. The van der Waals surface area contributed by atoms with E-state index in [0.29, 0.717) is 55.5 Å². The number of hydrogen-bond donors (Lipinski definition) is 2. The fourth-order valence-electron chi connectivity index (χ4n) is 5.14. The summed E-state index contributed by atoms with van der Waals surface area (Å²) in [5.74, 6) is -0.718. The van der Waals surface area contributed by atoms with Crippen LogP contribution in [0, 0.1) is 11.3 Å². The van der Waals surface area contributed by atoms with Crippen molar-refractivity contribution in [2.75, 3.05) is 13.1 Å². The van der Waals surface area contributed by atoms with Gasteiger partial charge in [0, 0.05) is 32.2 Å². The van der Waals surface area contributed by atoms with Crippen molar-refractivity contribution < 1.29 is 23.1 Å². The van der Waals surface area contributed by atoms with Gasteiger partial charge in [-0.15, -0.1) is 0 Å². The van der Waals surface area contributed by atoms with Crippen LogP contribution in [-0.4, -0.2) is 68.7 Å². The number of aliphatic hydroxyl groups excluding tert-OH is 1. The highest BCUT2D eigenvalue weighted by atomic mass is 32.2. The predicted molar refractivity (Wildman–Crippen MR) is 141 cm³/mol. The summed E-state index contributed by atoms with van der Waals surface area (Å²) in [7, 11) is -1.98. The third-order valence-electron chi connectivity index (χ3n) is 7.77. The maximum absolute atomic E-state index is 13.7. The van der Waals surface area contributed by atoms with E-state index in [2.05, 4.69) is 16.5 Å². The van der Waals surface area contributed by atoms with Crippen LogP contribution in [0.3, 0.4) is 0 Å². The molecule has 0 spiro atoms. The number of benzene rings is 1. The van der Waals surface area contributed by atoms with Gasteiger partial charge in [-0.05, 0) is 70.6 Å². The van der Waals surface area contributed by atoms with Gasteiger partial charge in [0.15, 0.2) is 15.5 Å². The van der Waals surface area contributed by atoms with Crippen molar-refractivity contribution in [3.8, 4) is 6.07 Å². The second-order valence-electron chi connectivity index (χ2n) is 11.1. The largest absolute Gasteiger partial charge is 0.393 e. The monoisotopic (exact) mass is 541 g/mol. The first kappa shape index (κ1) is 27.8. The van der Waals surface area contributed by atoms with Gasteiger partial charge < -0.3 is 15.3 Å². The molecule has 11 heteroatoms. The zero-order chi connectivity index (χ0) is 27.9. The summed E-state index contributed by atoms with van der Waals surface area (Å²) in [6.07, 6.45) is 1.55. The Labute approximate surface area is 223 Å². The number of nitriles is 1. The zero-order valence-corrected chi connectivity index (χ0v) is 23.1. The Balaban J connectivity index is 1.47. The van der Waals surface area contributed by atoms with Crippen LogP contribution in [0.4, 0.5) is 0 Å². The van der Waals surface area contributed by atoms with E-state index in [1.807, 2.05) is 0 Å². The second-order valence-corrected chi connectivity index (χ2v) is 14.1. The van der Waals surface area contributed by atoms with Crippen LogP contribution in [-0.2, 0) is 29.9 Å². The summed E-state index contributed by atoms with van der Waals surface area (Å²) in [6, 6.07) is 8.94. The van der Waals surface area contributed by atoms with E-state index in [1.54, 1.807) is 57.0 Å². The second kappa shape index (κ2) is 10.2. The van der Waals surface area contributed by atoms with Crippen molar-refractivity contribution in [1.82, 2.24) is 20.0 Å². The van der Waals surface area contributed by atoms with E-state index in [-0.39, 0.29) is 24.7 Å². The summed E-state index contributed by atoms with van der Waals surface area (Å²) in [4.78, 5) is 28.0. The van der Waals surface area contributed by atoms with Crippen molar-refractivity contribution >= 4 is 21.7 Å². The lowest BCUT2D eigenvalue weighted by Crippen LogP contribution is -2.50. The summed E-state index contributed by atoms with van der Waals surface area (Å²) in [6.45, 7) is 5.71. The van der Waals surface area contributed by atoms with Crippen LogP contribution in [0.25, 0.3) is 0 Å². The van der Waals surface area contributed by atoms with Crippen LogP contribution in [0.15, 0.2) is 24.3 Å². The molecule has 204 valence electrons. The molecule has 2 aromatic rings. The van der Waals surface area contributed by atoms with Gasteiger partial charge in [0.2, 0.25) is 0 Å². The smallest absolute Gasteiger partial charge is 0.272 e. The molecule has 0 bridgehead atoms. The molecule has 0 radical (unpaired) electrons. The van der Waals surface area contributed by atoms with E-state index in [0.717, 1.165) is 5.56 Å². The van der Waals surface area contributed by atoms with E-state index < -0.39 is 31.3 Å². The van der Waals surface area contributed by atoms with E-state index >= 15 is 0 Å². The summed E-state index contributed by atoms with van der Waals surface area (Å²) < 4.78 is 26.7. The average Bonchev–Trinajstić information content (AvgIpc) is 3.59. The molecular weight excluding hydrogens is 506 g/mol. The Kier molecular flexibility index (Phi) is 7.43. The fourth-order valence-corrected chi connectivity index (χ4v) is 7.67. The number of fused-ring (bicyclic) bond motifs is 1. The van der Waals surface area contributed by atoms with Crippen molar-refractivity contribution in [1.29, 1.82) is 5.26 Å². The summed E-state index contributed by atoms with van der Waals surface area (Å²) in [5, 5.41) is 25.8. The maximum atomic E-state index is 13.7. The molecule has 2 amide bonds. The van der Waals surface area contributed by atoms with Gasteiger partial charge in [-0.25, -0.2) is 8.42 Å². The minimum atomic E-state index is -3.59. The molecule has 4 rings (SSSR count). The normalized spacial score (nSPS) is 17.5. The van der Waals surface area contributed by atoms with Gasteiger partial charge in [0.05, 0.1) is 27.2 Å². The van der Waals surface area contributed by atoms with Gasteiger partial charge in [-0.2, -0.15) is 10.4 Å². The SMILES string of the molecule is C[C@@H](O)CCC(C)(C)S(=O)(=O)C1(CN2CCc3c(C(=O)NCc4ccc(C#N)cc4)nn(C)c3C2=O)CC1. The number of aryl methyl sites for hydroxylation is 1. The molecule has 2 heterocycles. The average molecular weight is 542 g/mol. The first-order chi connectivity index (χ1) is 17.8. The lowest BCUT2D eigenvalue weighted by molar-refractivity contribution is 0.0724. The standard InChI is InChI=1S/C27H35N5O5S/c1-18(33)9-11-26(2,3)38(36,37)27(12-13-27)17-32-14-10-21-22(30-31(4)23(21)25(32)35)24(34)29-16-20-7-5-19(15-28)6-8-20/h5-8,18,33H,9-14,16-17H2,1-4H3,(H,29,34)/t18-/m1/s1. The highest BCUT2D eigenvalue weighted by molar-refractivity contribution is 7.94. The number of carbonyl (C=O) groups excluding carboxylic acids is 2. The van der Waals surface area contributed by atoms with Crippen LogP contribution in [0.1, 0.15) is 84.1 Å². The molecule has 2 N–H and O–H groups in total. The van der Waals surface area contributed by atoms with Crippen LogP contribution >= 0.6 is 0 Å². The molecule has 1 aliphatic heterocycles. The van der Waals surface area contributed by atoms with Crippen molar-refractivity contribution in [2.24, 2.45) is 7.05 Å². The highest BCUT2D eigenvalue weighted by Crippen LogP contribution is 2.50. The third kappa shape index (κ3) is 5.07. The quantitative estimate of drug-likeness (QED) is 0.468. The number of aromatic nitrogens is 2. The zero-order valence-electron chi connectivity index (χ0n) is 22.3. The number of carbonyl (C=O) groups is 2. The maximum Gasteiger partial charge on any atom is 0.272 e. The number of sulfone groups is 1. The molecule has 0 saturated heterocycles. The third-order valence-corrected chi connectivity index (χ3v) is 11.1. The lowest BCUT2D eigenvalue weighted by atomic mass is 10.0. The molecule has 1 aromatic carbocycles. The Bertz CT molecular complexity index is 1380. The topological polar surface area (TPSA) is 145 Å². The molecule has 1 fully saturated rings. The van der Waals surface area contributed by atoms with E-state index in [9.17, 15) is 23.1 Å². The van der Waals surface area contributed by atoms with Crippen LogP contribution in [0.2, 0.25) is 0 Å². The van der Waals surface area contributed by atoms with Crippen LogP contribution in [0.5, 0.6) is 0 Å². The van der Waals surface area contributed by atoms with Gasteiger partial charge >= 0.3 is 0 Å². The van der Waals surface area contributed by atoms with E-state index in [1.165, 1.54) is 4.68 Å². The van der Waals surface area contributed by atoms with Crippen molar-refractivity contribution in [2.45, 2.75) is 75.0 Å². The number of nitrogens with zero attached hydrogens (tertiary/aromatic N) is 4. The Hall–Kier alpha value is -3.23. The molecule has 1 aromatic heterocycles. The Morgan fingerprint density at radius 1 is 1.29 bits per heavy atom. The molecular formula is C27H35N5O5S. The molecule has 10 nitrogen and oxygen atoms in total. The summed E-state index contributed by atoms with van der Waals surface area (Å²) in [5.41, 5.74) is 2.43. The van der Waals surface area contributed by atoms with Crippen molar-refractivity contribution in [3.05, 3.63) is 52.3 Å². The Morgan fingerprint density at radius 2 is 1.95 bits per heavy atom. The number of aliphatic hydroxyl groups is 1. The lowest BCUT2D eigenvalue weighted by Gasteiger charge is -2.35. The molecule has 0 unspecified atom stereocenters. The first-order valence-corrected chi connectivity index (χ1v) is 14.3. The molecule has 1 aliphatic carbocycles. The number of hydrogen-bond acceptors (Lipinski definition) is 7. The Morgan fingerprint density at radius 3 is 2.53 bits per heavy atom. The highest BCUT2D eigenvalue weighted by Gasteiger charge is 2.60. The minimum Gasteiger partial charge on any atom is -0.393 e. The number of nitrogens with one attached hydrogen (secondary N) is 1. The molecule has 2 aliphatic rings. The van der Waals surface area contributed by atoms with Crippen molar-refractivity contribution in [3.63, 3.8) is 0 Å². The van der Waals surface area contributed by atoms with Crippen LogP contribution < -0.4 is 5.32 Å². The van der Waals surface area contributed by atoms with Gasteiger partial charge in [0.25, 0.3) is 11.8 Å². The summed E-state index contributed by atoms with van der Waals surface area (Å²) >= 11 is 0. The molecule has 38 heavy (non-hydrogen) atoms. The fraction of sp³-hybridized carbons (Fsp3) is 0.556. The number of rotatable bonds is 10. The minimum absolute atomic E-state index is 0.108. The number of amides is 2. The van der Waals surface area contributed by atoms with Gasteiger partial charge in [0.1, 0.15) is 5.69 Å².